The lowest BCUT2D eigenvalue weighted by atomic mass is 10.1. The molecule has 1 aromatic carbocycles. The molecule has 20 heavy (non-hydrogen) atoms. The van der Waals surface area contributed by atoms with E-state index in [0.717, 1.165) is 11.3 Å². The summed E-state index contributed by atoms with van der Waals surface area (Å²) in [7, 11) is -1.94. The molecule has 0 radical (unpaired) electrons. The fourth-order valence-corrected chi connectivity index (χ4v) is 3.35. The molecule has 0 saturated carbocycles. The molecule has 0 spiro atoms. The first kappa shape index (κ1) is 14.5. The molecule has 0 amide bonds. The topological polar surface area (TPSA) is 90.0 Å². The molecule has 2 aromatic rings. The largest absolute Gasteiger partial charge is 0.326 e. The van der Waals surface area contributed by atoms with Crippen molar-refractivity contribution in [2.24, 2.45) is 12.8 Å². The van der Waals surface area contributed by atoms with Crippen LogP contribution in [0.25, 0.3) is 0 Å². The lowest BCUT2D eigenvalue weighted by Gasteiger charge is -2.11. The summed E-state index contributed by atoms with van der Waals surface area (Å²) in [6.07, 6.45) is 0. The summed E-state index contributed by atoms with van der Waals surface area (Å²) in [5.41, 5.74) is 7.86. The summed E-state index contributed by atoms with van der Waals surface area (Å²) in [5.74, 6) is 0.435. The molecule has 0 bridgehead atoms. The molecule has 0 unspecified atom stereocenters. The molecule has 0 saturated heterocycles. The molecule has 0 fully saturated rings. The zero-order valence-corrected chi connectivity index (χ0v) is 12.5. The molecule has 0 aliphatic rings. The standard InChI is InChI=1S/C13H18N4O2S/c1-9-6-11(8-14)4-5-12(9)20(18,19)16-13-7-10(2)15-17(13)3/h4-7,16H,8,14H2,1-3H3. The van der Waals surface area contributed by atoms with E-state index in [2.05, 4.69) is 9.82 Å². The van der Waals surface area contributed by atoms with E-state index in [1.54, 1.807) is 45.2 Å². The number of benzene rings is 1. The highest BCUT2D eigenvalue weighted by atomic mass is 32.2. The molecule has 7 heteroatoms. The molecule has 2 rings (SSSR count). The molecule has 108 valence electrons. The lowest BCUT2D eigenvalue weighted by Crippen LogP contribution is -2.16. The van der Waals surface area contributed by atoms with Gasteiger partial charge in [-0.15, -0.1) is 0 Å². The van der Waals surface area contributed by atoms with Crippen LogP contribution in [-0.2, 0) is 23.6 Å². The van der Waals surface area contributed by atoms with Gasteiger partial charge in [-0.3, -0.25) is 9.40 Å². The fourth-order valence-electron chi connectivity index (χ4n) is 2.04. The number of nitrogens with two attached hydrogens (primary N) is 1. The van der Waals surface area contributed by atoms with E-state index < -0.39 is 10.0 Å². The van der Waals surface area contributed by atoms with Gasteiger partial charge in [0.2, 0.25) is 0 Å². The first-order chi connectivity index (χ1) is 9.33. The van der Waals surface area contributed by atoms with Crippen LogP contribution in [0.5, 0.6) is 0 Å². The fraction of sp³-hybridized carbons (Fsp3) is 0.308. The van der Waals surface area contributed by atoms with E-state index in [9.17, 15) is 8.42 Å². The minimum Gasteiger partial charge on any atom is -0.326 e. The molecule has 1 aromatic heterocycles. The van der Waals surface area contributed by atoms with Crippen LogP contribution in [0.3, 0.4) is 0 Å². The molecule has 0 aliphatic heterocycles. The third kappa shape index (κ3) is 2.83. The van der Waals surface area contributed by atoms with Crippen LogP contribution < -0.4 is 10.5 Å². The van der Waals surface area contributed by atoms with Crippen molar-refractivity contribution in [3.05, 3.63) is 41.1 Å². The second kappa shape index (κ2) is 5.26. The second-order valence-corrected chi connectivity index (χ2v) is 6.35. The van der Waals surface area contributed by atoms with Gasteiger partial charge in [0.05, 0.1) is 10.6 Å². The van der Waals surface area contributed by atoms with Gasteiger partial charge in [0.15, 0.2) is 0 Å². The Morgan fingerprint density at radius 1 is 1.30 bits per heavy atom. The highest BCUT2D eigenvalue weighted by Crippen LogP contribution is 2.20. The zero-order chi connectivity index (χ0) is 14.9. The Morgan fingerprint density at radius 3 is 2.50 bits per heavy atom. The Bertz CT molecular complexity index is 735. The Morgan fingerprint density at radius 2 is 2.00 bits per heavy atom. The number of rotatable bonds is 4. The van der Waals surface area contributed by atoms with E-state index in [-0.39, 0.29) is 4.90 Å². The van der Waals surface area contributed by atoms with Crippen LogP contribution >= 0.6 is 0 Å². The summed E-state index contributed by atoms with van der Waals surface area (Å²) >= 11 is 0. The van der Waals surface area contributed by atoms with Gasteiger partial charge in [-0.25, -0.2) is 8.42 Å². The number of aryl methyl sites for hydroxylation is 3. The van der Waals surface area contributed by atoms with Crippen LogP contribution in [0.4, 0.5) is 5.82 Å². The predicted molar refractivity (Wildman–Crippen MR) is 77.8 cm³/mol. The number of sulfonamides is 1. The van der Waals surface area contributed by atoms with Crippen molar-refractivity contribution in [3.63, 3.8) is 0 Å². The Hall–Kier alpha value is -1.86. The van der Waals surface area contributed by atoms with Crippen molar-refractivity contribution in [2.45, 2.75) is 25.3 Å². The van der Waals surface area contributed by atoms with Crippen LogP contribution in [0.1, 0.15) is 16.8 Å². The highest BCUT2D eigenvalue weighted by Gasteiger charge is 2.18. The predicted octanol–water partition coefficient (Wildman–Crippen LogP) is 1.30. The monoisotopic (exact) mass is 294 g/mol. The minimum atomic E-state index is -3.63. The average Bonchev–Trinajstić information content (AvgIpc) is 2.66. The maximum Gasteiger partial charge on any atom is 0.263 e. The number of aromatic nitrogens is 2. The Balaban J connectivity index is 2.38. The van der Waals surface area contributed by atoms with Crippen molar-refractivity contribution >= 4 is 15.8 Å². The van der Waals surface area contributed by atoms with Crippen LogP contribution in [-0.4, -0.2) is 18.2 Å². The number of hydrogen-bond donors (Lipinski definition) is 2. The quantitative estimate of drug-likeness (QED) is 0.889. The molecule has 6 nitrogen and oxygen atoms in total. The summed E-state index contributed by atoms with van der Waals surface area (Å²) in [4.78, 5) is 0.244. The zero-order valence-electron chi connectivity index (χ0n) is 11.7. The van der Waals surface area contributed by atoms with Gasteiger partial charge < -0.3 is 5.73 Å². The van der Waals surface area contributed by atoms with E-state index in [4.69, 9.17) is 5.73 Å². The second-order valence-electron chi connectivity index (χ2n) is 4.70. The third-order valence-electron chi connectivity index (χ3n) is 3.01. The molecule has 1 heterocycles. The molecule has 3 N–H and O–H groups in total. The van der Waals surface area contributed by atoms with Crippen molar-refractivity contribution in [3.8, 4) is 0 Å². The summed E-state index contributed by atoms with van der Waals surface area (Å²) in [6.45, 7) is 3.94. The number of nitrogens with one attached hydrogen (secondary N) is 1. The lowest BCUT2D eigenvalue weighted by molar-refractivity contribution is 0.599. The average molecular weight is 294 g/mol. The van der Waals surface area contributed by atoms with Crippen LogP contribution in [0.15, 0.2) is 29.2 Å². The molecule has 0 atom stereocenters. The first-order valence-corrected chi connectivity index (χ1v) is 7.65. The van der Waals surface area contributed by atoms with Crippen molar-refractivity contribution < 1.29 is 8.42 Å². The van der Waals surface area contributed by atoms with Gasteiger partial charge >= 0.3 is 0 Å². The van der Waals surface area contributed by atoms with E-state index in [0.29, 0.717) is 17.9 Å². The minimum absolute atomic E-state index is 0.244. The van der Waals surface area contributed by atoms with Gasteiger partial charge in [-0.2, -0.15) is 5.10 Å². The number of hydrogen-bond acceptors (Lipinski definition) is 4. The van der Waals surface area contributed by atoms with Crippen molar-refractivity contribution in [1.29, 1.82) is 0 Å². The van der Waals surface area contributed by atoms with E-state index in [1.165, 1.54) is 4.68 Å². The van der Waals surface area contributed by atoms with Crippen molar-refractivity contribution in [1.82, 2.24) is 9.78 Å². The van der Waals surface area contributed by atoms with Crippen molar-refractivity contribution in [2.75, 3.05) is 4.72 Å². The molecular weight excluding hydrogens is 276 g/mol. The van der Waals surface area contributed by atoms with Gasteiger partial charge in [0.1, 0.15) is 5.82 Å². The summed E-state index contributed by atoms with van der Waals surface area (Å²) < 4.78 is 28.8. The summed E-state index contributed by atoms with van der Waals surface area (Å²) in [5, 5.41) is 4.11. The first-order valence-electron chi connectivity index (χ1n) is 6.16. The highest BCUT2D eigenvalue weighted by molar-refractivity contribution is 7.92. The van der Waals surface area contributed by atoms with Gasteiger partial charge in [0.25, 0.3) is 10.0 Å². The maximum atomic E-state index is 12.4. The van der Waals surface area contributed by atoms with Crippen LogP contribution in [0.2, 0.25) is 0 Å². The van der Waals surface area contributed by atoms with Gasteiger partial charge in [0, 0.05) is 19.7 Å². The van der Waals surface area contributed by atoms with Gasteiger partial charge in [-0.1, -0.05) is 12.1 Å². The van der Waals surface area contributed by atoms with Crippen LogP contribution in [0, 0.1) is 13.8 Å². The normalized spacial score (nSPS) is 11.6. The van der Waals surface area contributed by atoms with E-state index in [1.807, 2.05) is 0 Å². The Labute approximate surface area is 118 Å². The maximum absolute atomic E-state index is 12.4. The van der Waals surface area contributed by atoms with E-state index >= 15 is 0 Å². The Kier molecular flexibility index (Phi) is 3.82. The third-order valence-corrected chi connectivity index (χ3v) is 4.52. The number of anilines is 1. The van der Waals surface area contributed by atoms with Gasteiger partial charge in [-0.05, 0) is 31.0 Å². The molecule has 0 aliphatic carbocycles. The SMILES string of the molecule is Cc1cc(NS(=O)(=O)c2ccc(CN)cc2C)n(C)n1. The smallest absolute Gasteiger partial charge is 0.263 e. The molecular formula is C13H18N4O2S. The number of nitrogens with zero attached hydrogens (tertiary/aromatic N) is 2. The summed E-state index contributed by atoms with van der Waals surface area (Å²) in [6, 6.07) is 6.75.